The van der Waals surface area contributed by atoms with E-state index < -0.39 is 18.4 Å². The van der Waals surface area contributed by atoms with Crippen LogP contribution in [-0.4, -0.2) is 29.2 Å². The van der Waals surface area contributed by atoms with Crippen molar-refractivity contribution >= 4 is 11.9 Å². The summed E-state index contributed by atoms with van der Waals surface area (Å²) in [5.74, 6) is -2.62. The van der Waals surface area contributed by atoms with Crippen molar-refractivity contribution in [2.45, 2.75) is 13.0 Å². The highest BCUT2D eigenvalue weighted by Gasteiger charge is 2.01. The zero-order valence-corrected chi connectivity index (χ0v) is 9.01. The fraction of sp³-hybridized carbons (Fsp3) is 0.273. The van der Waals surface area contributed by atoms with Gasteiger partial charge in [-0.3, -0.25) is 9.59 Å². The Kier molecular flexibility index (Phi) is 7.44. The van der Waals surface area contributed by atoms with Crippen molar-refractivity contribution in [3.63, 3.8) is 0 Å². The molecule has 3 N–H and O–H groups in total. The van der Waals surface area contributed by atoms with E-state index in [9.17, 15) is 9.59 Å². The molecule has 0 fully saturated rings. The first-order valence-electron chi connectivity index (χ1n) is 4.68. The number of nitrogens with one attached hydrogen (secondary N) is 1. The Hall–Kier alpha value is -1.88. The zero-order chi connectivity index (χ0) is 12.4. The van der Waals surface area contributed by atoms with Gasteiger partial charge in [0.05, 0.1) is 0 Å². The molecule has 1 rings (SSSR count). The lowest BCUT2D eigenvalue weighted by Gasteiger charge is -1.95. The van der Waals surface area contributed by atoms with E-state index in [2.05, 4.69) is 17.4 Å². The lowest BCUT2D eigenvalue weighted by molar-refractivity contribution is -0.147. The largest absolute Gasteiger partial charge is 0.481 e. The Morgan fingerprint density at radius 1 is 1.12 bits per heavy atom. The monoisotopic (exact) mass is 225 g/mol. The lowest BCUT2D eigenvalue weighted by atomic mass is 10.2. The molecule has 1 aromatic carbocycles. The number of hydrogen-bond acceptors (Lipinski definition) is 3. The third-order valence-electron chi connectivity index (χ3n) is 1.53. The van der Waals surface area contributed by atoms with Crippen LogP contribution < -0.4 is 5.32 Å². The minimum atomic E-state index is -1.31. The van der Waals surface area contributed by atoms with E-state index in [-0.39, 0.29) is 0 Å². The number of rotatable bonds is 4. The summed E-state index contributed by atoms with van der Waals surface area (Å²) in [5, 5.41) is 18.5. The van der Waals surface area contributed by atoms with Gasteiger partial charge in [0, 0.05) is 6.54 Å². The number of carboxylic acid groups (broad SMARTS) is 2. The molecule has 5 nitrogen and oxygen atoms in total. The van der Waals surface area contributed by atoms with Crippen LogP contribution >= 0.6 is 0 Å². The summed E-state index contributed by atoms with van der Waals surface area (Å²) in [5.41, 5.74) is 1.33. The van der Waals surface area contributed by atoms with Gasteiger partial charge in [0.15, 0.2) is 0 Å². The number of carbonyl (C=O) groups is 2. The van der Waals surface area contributed by atoms with Crippen LogP contribution in [0, 0.1) is 0 Å². The standard InChI is InChI=1S/C8H11N.C3H4O4/c1-9-7-8-5-3-2-4-6-8;4-2(5)1-3(6)7/h2-6,9H,7H2,1H3;1H2,(H,4,5)(H,6,7). The van der Waals surface area contributed by atoms with Crippen molar-refractivity contribution in [3.8, 4) is 0 Å². The van der Waals surface area contributed by atoms with Gasteiger partial charge in [-0.1, -0.05) is 30.3 Å². The van der Waals surface area contributed by atoms with Gasteiger partial charge in [0.2, 0.25) is 0 Å². The topological polar surface area (TPSA) is 86.6 Å². The highest BCUT2D eigenvalue weighted by molar-refractivity contribution is 5.88. The van der Waals surface area contributed by atoms with Gasteiger partial charge in [-0.15, -0.1) is 0 Å². The molecule has 0 aliphatic carbocycles. The Morgan fingerprint density at radius 3 is 1.94 bits per heavy atom. The Bertz CT molecular complexity index is 312. The van der Waals surface area contributed by atoms with Crippen molar-refractivity contribution in [2.75, 3.05) is 7.05 Å². The molecule has 0 aliphatic heterocycles. The Balaban J connectivity index is 0.000000293. The second-order valence-corrected chi connectivity index (χ2v) is 2.98. The molecule has 0 saturated carbocycles. The number of benzene rings is 1. The van der Waals surface area contributed by atoms with Crippen LogP contribution in [0.1, 0.15) is 12.0 Å². The van der Waals surface area contributed by atoms with Gasteiger partial charge in [0.25, 0.3) is 0 Å². The van der Waals surface area contributed by atoms with Crippen LogP contribution in [0.3, 0.4) is 0 Å². The van der Waals surface area contributed by atoms with Gasteiger partial charge in [-0.2, -0.15) is 0 Å². The van der Waals surface area contributed by atoms with Gasteiger partial charge < -0.3 is 15.5 Å². The molecule has 16 heavy (non-hydrogen) atoms. The highest BCUT2D eigenvalue weighted by Crippen LogP contribution is 1.95. The maximum Gasteiger partial charge on any atom is 0.314 e. The van der Waals surface area contributed by atoms with Crippen molar-refractivity contribution in [1.29, 1.82) is 0 Å². The molecule has 0 bridgehead atoms. The Labute approximate surface area is 93.7 Å². The van der Waals surface area contributed by atoms with Gasteiger partial charge in [-0.05, 0) is 12.6 Å². The second-order valence-electron chi connectivity index (χ2n) is 2.98. The number of aliphatic carboxylic acids is 2. The van der Waals surface area contributed by atoms with E-state index in [1.165, 1.54) is 5.56 Å². The first-order valence-corrected chi connectivity index (χ1v) is 4.68. The molecule has 88 valence electrons. The van der Waals surface area contributed by atoms with E-state index in [0.717, 1.165) is 6.54 Å². The average Bonchev–Trinajstić information content (AvgIpc) is 2.18. The summed E-state index contributed by atoms with van der Waals surface area (Å²) in [4.78, 5) is 18.9. The van der Waals surface area contributed by atoms with Crippen LogP contribution in [0.4, 0.5) is 0 Å². The molecule has 0 radical (unpaired) electrons. The molecule has 5 heteroatoms. The highest BCUT2D eigenvalue weighted by atomic mass is 16.4. The fourth-order valence-corrected chi connectivity index (χ4v) is 0.929. The summed E-state index contributed by atoms with van der Waals surface area (Å²) >= 11 is 0. The Morgan fingerprint density at radius 2 is 1.62 bits per heavy atom. The number of carboxylic acids is 2. The van der Waals surface area contributed by atoms with Crippen LogP contribution in [0.5, 0.6) is 0 Å². The maximum atomic E-state index is 9.43. The average molecular weight is 225 g/mol. The smallest absolute Gasteiger partial charge is 0.314 e. The molecular formula is C11H15NO4. The summed E-state index contributed by atoms with van der Waals surface area (Å²) in [7, 11) is 1.95. The minimum Gasteiger partial charge on any atom is -0.481 e. The van der Waals surface area contributed by atoms with Gasteiger partial charge >= 0.3 is 11.9 Å². The van der Waals surface area contributed by atoms with Crippen molar-refractivity contribution in [1.82, 2.24) is 5.32 Å². The molecule has 0 aromatic heterocycles. The molecule has 0 spiro atoms. The predicted octanol–water partition coefficient (Wildman–Crippen LogP) is 0.952. The van der Waals surface area contributed by atoms with Crippen LogP contribution in [0.25, 0.3) is 0 Å². The van der Waals surface area contributed by atoms with E-state index in [4.69, 9.17) is 10.2 Å². The zero-order valence-electron chi connectivity index (χ0n) is 9.01. The third kappa shape index (κ3) is 8.71. The molecule has 1 aromatic rings. The normalized spacial score (nSPS) is 8.81. The van der Waals surface area contributed by atoms with E-state index in [1.54, 1.807) is 0 Å². The minimum absolute atomic E-state index is 0.806. The molecule has 0 amide bonds. The predicted molar refractivity (Wildman–Crippen MR) is 59.1 cm³/mol. The SMILES string of the molecule is CNCc1ccccc1.O=C(O)CC(=O)O. The fourth-order valence-electron chi connectivity index (χ4n) is 0.929. The molecular weight excluding hydrogens is 210 g/mol. The van der Waals surface area contributed by atoms with E-state index in [1.807, 2.05) is 25.2 Å². The molecule has 0 unspecified atom stereocenters. The maximum absolute atomic E-state index is 9.43. The van der Waals surface area contributed by atoms with Gasteiger partial charge in [0.1, 0.15) is 6.42 Å². The summed E-state index contributed by atoms with van der Waals surface area (Å²) in [6.07, 6.45) is -0.806. The van der Waals surface area contributed by atoms with Crippen LogP contribution in [0.15, 0.2) is 30.3 Å². The van der Waals surface area contributed by atoms with Crippen LogP contribution in [-0.2, 0) is 16.1 Å². The summed E-state index contributed by atoms with van der Waals surface area (Å²) in [6, 6.07) is 10.3. The first-order chi connectivity index (χ1) is 7.56. The summed E-state index contributed by atoms with van der Waals surface area (Å²) < 4.78 is 0. The van der Waals surface area contributed by atoms with Crippen molar-refractivity contribution in [3.05, 3.63) is 35.9 Å². The third-order valence-corrected chi connectivity index (χ3v) is 1.53. The molecule has 0 saturated heterocycles. The first kappa shape index (κ1) is 14.1. The quantitative estimate of drug-likeness (QED) is 0.664. The van der Waals surface area contributed by atoms with E-state index in [0.29, 0.717) is 0 Å². The van der Waals surface area contributed by atoms with Crippen LogP contribution in [0.2, 0.25) is 0 Å². The molecule has 0 aliphatic rings. The van der Waals surface area contributed by atoms with Crippen molar-refractivity contribution < 1.29 is 19.8 Å². The number of hydrogen-bond donors (Lipinski definition) is 3. The van der Waals surface area contributed by atoms with Gasteiger partial charge in [-0.25, -0.2) is 0 Å². The lowest BCUT2D eigenvalue weighted by Crippen LogP contribution is -2.04. The van der Waals surface area contributed by atoms with E-state index >= 15 is 0 Å². The van der Waals surface area contributed by atoms with Crippen molar-refractivity contribution in [2.24, 2.45) is 0 Å². The molecule has 0 atom stereocenters. The second kappa shape index (κ2) is 8.43. The molecule has 0 heterocycles. The summed E-state index contributed by atoms with van der Waals surface area (Å²) in [6.45, 7) is 0.959.